The maximum absolute atomic E-state index is 11.3. The number of esters is 1. The number of hydrogen-bond donors (Lipinski definition) is 0. The molecule has 1 aliphatic rings. The van der Waals surface area contributed by atoms with Gasteiger partial charge in [0.1, 0.15) is 12.2 Å². The van der Waals surface area contributed by atoms with Crippen LogP contribution in [0.2, 0.25) is 0 Å². The average Bonchev–Trinajstić information content (AvgIpc) is 2.67. The maximum atomic E-state index is 11.3. The van der Waals surface area contributed by atoms with Crippen LogP contribution in [-0.2, 0) is 23.8 Å². The Labute approximate surface area is 88.7 Å². The number of Topliss-reactive ketones (excluding diaryl/α,β-unsaturated/α-hetero) is 1. The molecule has 5 nitrogen and oxygen atoms in total. The first-order chi connectivity index (χ1) is 7.22. The zero-order valence-corrected chi connectivity index (χ0v) is 8.86. The lowest BCUT2D eigenvalue weighted by Crippen LogP contribution is -2.14. The second-order valence-corrected chi connectivity index (χ2v) is 3.23. The van der Waals surface area contributed by atoms with Gasteiger partial charge in [0.05, 0.1) is 19.8 Å². The van der Waals surface area contributed by atoms with Crippen molar-refractivity contribution in [2.45, 2.75) is 32.5 Å². The molecule has 1 fully saturated rings. The molecule has 0 spiro atoms. The van der Waals surface area contributed by atoms with Crippen LogP contribution in [0.5, 0.6) is 0 Å². The van der Waals surface area contributed by atoms with Crippen LogP contribution < -0.4 is 0 Å². The van der Waals surface area contributed by atoms with Crippen molar-refractivity contribution in [1.29, 1.82) is 0 Å². The Morgan fingerprint density at radius 3 is 2.60 bits per heavy atom. The molecule has 0 aliphatic carbocycles. The van der Waals surface area contributed by atoms with Crippen molar-refractivity contribution in [2.24, 2.45) is 0 Å². The summed E-state index contributed by atoms with van der Waals surface area (Å²) in [7, 11) is 0. The van der Waals surface area contributed by atoms with Crippen LogP contribution in [-0.4, -0.2) is 37.9 Å². The fourth-order valence-electron chi connectivity index (χ4n) is 1.31. The fraction of sp³-hybridized carbons (Fsp3) is 0.800. The summed E-state index contributed by atoms with van der Waals surface area (Å²) in [6, 6.07) is 0. The third-order valence-electron chi connectivity index (χ3n) is 2.00. The van der Waals surface area contributed by atoms with Gasteiger partial charge in [0.2, 0.25) is 0 Å². The molecule has 0 aromatic carbocycles. The highest BCUT2D eigenvalue weighted by Crippen LogP contribution is 2.11. The van der Waals surface area contributed by atoms with Crippen LogP contribution in [0.25, 0.3) is 0 Å². The lowest BCUT2D eigenvalue weighted by atomic mass is 10.1. The van der Waals surface area contributed by atoms with E-state index in [0.29, 0.717) is 32.7 Å². The molecule has 0 saturated carbocycles. The van der Waals surface area contributed by atoms with Gasteiger partial charge < -0.3 is 14.2 Å². The predicted molar refractivity (Wildman–Crippen MR) is 51.2 cm³/mol. The molecule has 15 heavy (non-hydrogen) atoms. The molecule has 0 unspecified atom stereocenters. The Kier molecular flexibility index (Phi) is 5.28. The Bertz CT molecular complexity index is 220. The smallest absolute Gasteiger partial charge is 0.313 e. The standard InChI is InChI=1S/C10H16O5/c1-2-13-9(12)7-8(11)3-4-10-14-5-6-15-10/h10H,2-7H2,1H3. The summed E-state index contributed by atoms with van der Waals surface area (Å²) in [4.78, 5) is 22.2. The van der Waals surface area contributed by atoms with E-state index in [2.05, 4.69) is 4.74 Å². The summed E-state index contributed by atoms with van der Waals surface area (Å²) < 4.78 is 15.0. The number of ether oxygens (including phenoxy) is 3. The van der Waals surface area contributed by atoms with Crippen LogP contribution in [0.1, 0.15) is 26.2 Å². The van der Waals surface area contributed by atoms with E-state index >= 15 is 0 Å². The van der Waals surface area contributed by atoms with Crippen molar-refractivity contribution in [2.75, 3.05) is 19.8 Å². The molecule has 0 N–H and O–H groups in total. The first-order valence-corrected chi connectivity index (χ1v) is 5.13. The molecule has 1 aliphatic heterocycles. The number of carbonyl (C=O) groups excluding carboxylic acids is 2. The minimum absolute atomic E-state index is 0.132. The highest BCUT2D eigenvalue weighted by Gasteiger charge is 2.18. The largest absolute Gasteiger partial charge is 0.466 e. The lowest BCUT2D eigenvalue weighted by molar-refractivity contribution is -0.145. The van der Waals surface area contributed by atoms with Crippen molar-refractivity contribution in [3.8, 4) is 0 Å². The number of rotatable bonds is 6. The molecule has 1 saturated heterocycles. The molecule has 0 atom stereocenters. The monoisotopic (exact) mass is 216 g/mol. The first kappa shape index (κ1) is 12.1. The van der Waals surface area contributed by atoms with Gasteiger partial charge in [-0.05, 0) is 6.92 Å². The third-order valence-corrected chi connectivity index (χ3v) is 2.00. The highest BCUT2D eigenvalue weighted by molar-refractivity contribution is 5.95. The second kappa shape index (κ2) is 6.53. The van der Waals surface area contributed by atoms with Crippen LogP contribution in [0.15, 0.2) is 0 Å². The molecule has 1 heterocycles. The number of hydrogen-bond acceptors (Lipinski definition) is 5. The SMILES string of the molecule is CCOC(=O)CC(=O)CCC1OCCO1. The predicted octanol–water partition coefficient (Wildman–Crippen LogP) is 0.662. The zero-order chi connectivity index (χ0) is 11.1. The minimum Gasteiger partial charge on any atom is -0.466 e. The van der Waals surface area contributed by atoms with E-state index in [4.69, 9.17) is 9.47 Å². The summed E-state index contributed by atoms with van der Waals surface area (Å²) in [5.74, 6) is -0.594. The lowest BCUT2D eigenvalue weighted by Gasteiger charge is -2.07. The Hall–Kier alpha value is -0.940. The van der Waals surface area contributed by atoms with E-state index < -0.39 is 5.97 Å². The molecule has 1 rings (SSSR count). The summed E-state index contributed by atoms with van der Waals surface area (Å²) in [5.41, 5.74) is 0. The fourth-order valence-corrected chi connectivity index (χ4v) is 1.31. The van der Waals surface area contributed by atoms with Crippen molar-refractivity contribution in [1.82, 2.24) is 0 Å². The molecule has 0 amide bonds. The maximum Gasteiger partial charge on any atom is 0.313 e. The van der Waals surface area contributed by atoms with E-state index in [1.54, 1.807) is 6.92 Å². The summed E-state index contributed by atoms with van der Waals surface area (Å²) in [6.07, 6.45) is 0.374. The van der Waals surface area contributed by atoms with Gasteiger partial charge >= 0.3 is 5.97 Å². The molecule has 0 radical (unpaired) electrons. The van der Waals surface area contributed by atoms with E-state index in [-0.39, 0.29) is 18.5 Å². The molecule has 86 valence electrons. The molecule has 0 aromatic heterocycles. The van der Waals surface area contributed by atoms with Crippen molar-refractivity contribution < 1.29 is 23.8 Å². The molecule has 5 heteroatoms. The average molecular weight is 216 g/mol. The van der Waals surface area contributed by atoms with Crippen LogP contribution in [0, 0.1) is 0 Å². The van der Waals surface area contributed by atoms with Crippen molar-refractivity contribution in [3.05, 3.63) is 0 Å². The number of carbonyl (C=O) groups is 2. The number of ketones is 1. The van der Waals surface area contributed by atoms with E-state index in [9.17, 15) is 9.59 Å². The highest BCUT2D eigenvalue weighted by atomic mass is 16.7. The molecule has 0 aromatic rings. The van der Waals surface area contributed by atoms with Crippen LogP contribution >= 0.6 is 0 Å². The van der Waals surface area contributed by atoms with E-state index in [1.165, 1.54) is 0 Å². The quantitative estimate of drug-likeness (QED) is 0.482. The van der Waals surface area contributed by atoms with Crippen molar-refractivity contribution in [3.63, 3.8) is 0 Å². The summed E-state index contributed by atoms with van der Waals surface area (Å²) >= 11 is 0. The summed E-state index contributed by atoms with van der Waals surface area (Å²) in [6.45, 7) is 3.18. The van der Waals surface area contributed by atoms with Gasteiger partial charge in [-0.1, -0.05) is 0 Å². The van der Waals surface area contributed by atoms with E-state index in [0.717, 1.165) is 0 Å². The third kappa shape index (κ3) is 4.90. The van der Waals surface area contributed by atoms with Gasteiger partial charge in [-0.15, -0.1) is 0 Å². The van der Waals surface area contributed by atoms with Crippen LogP contribution in [0.3, 0.4) is 0 Å². The Morgan fingerprint density at radius 2 is 2.00 bits per heavy atom. The van der Waals surface area contributed by atoms with Gasteiger partial charge in [-0.2, -0.15) is 0 Å². The molecular formula is C10H16O5. The minimum atomic E-state index is -0.462. The van der Waals surface area contributed by atoms with Gasteiger partial charge in [-0.3, -0.25) is 9.59 Å². The zero-order valence-electron chi connectivity index (χ0n) is 8.86. The van der Waals surface area contributed by atoms with Gasteiger partial charge in [0, 0.05) is 12.8 Å². The van der Waals surface area contributed by atoms with Crippen LogP contribution in [0.4, 0.5) is 0 Å². The van der Waals surface area contributed by atoms with Gasteiger partial charge in [0.25, 0.3) is 0 Å². The Balaban J connectivity index is 2.09. The van der Waals surface area contributed by atoms with Crippen molar-refractivity contribution >= 4 is 11.8 Å². The Morgan fingerprint density at radius 1 is 1.33 bits per heavy atom. The van der Waals surface area contributed by atoms with E-state index in [1.807, 2.05) is 0 Å². The second-order valence-electron chi connectivity index (χ2n) is 3.23. The van der Waals surface area contributed by atoms with Gasteiger partial charge in [0.15, 0.2) is 6.29 Å². The topological polar surface area (TPSA) is 61.8 Å². The first-order valence-electron chi connectivity index (χ1n) is 5.13. The molecular weight excluding hydrogens is 200 g/mol. The summed E-state index contributed by atoms with van der Waals surface area (Å²) in [5, 5.41) is 0. The normalized spacial score (nSPS) is 16.6. The molecule has 0 bridgehead atoms. The van der Waals surface area contributed by atoms with Gasteiger partial charge in [-0.25, -0.2) is 0 Å².